The molecule has 0 fully saturated rings. The zero-order valence-corrected chi connectivity index (χ0v) is 18.9. The number of hydrogen-bond donors (Lipinski definition) is 3. The average Bonchev–Trinajstić information content (AvgIpc) is 2.78. The van der Waals surface area contributed by atoms with Crippen LogP contribution in [-0.4, -0.2) is 24.4 Å². The number of hydrogen-bond acceptors (Lipinski definition) is 6. The molecule has 11 heteroatoms. The lowest BCUT2D eigenvalue weighted by Crippen LogP contribution is -2.28. The van der Waals surface area contributed by atoms with Crippen LogP contribution in [0, 0.1) is 10.1 Å². The van der Waals surface area contributed by atoms with Gasteiger partial charge in [-0.05, 0) is 60.5 Å². The number of benzene rings is 3. The largest absolute Gasteiger partial charge is 0.502 e. The number of anilines is 1. The maximum absolute atomic E-state index is 12.6. The van der Waals surface area contributed by atoms with Gasteiger partial charge in [0.2, 0.25) is 0 Å². The summed E-state index contributed by atoms with van der Waals surface area (Å²) in [7, 11) is -4.16. The third kappa shape index (κ3) is 5.79. The van der Waals surface area contributed by atoms with E-state index in [4.69, 9.17) is 11.6 Å². The highest BCUT2D eigenvalue weighted by atomic mass is 35.5. The summed E-state index contributed by atoms with van der Waals surface area (Å²) in [5.41, 5.74) is 0.663. The van der Waals surface area contributed by atoms with Crippen LogP contribution in [0.5, 0.6) is 5.75 Å². The minimum absolute atomic E-state index is 0.159. The first-order valence-corrected chi connectivity index (χ1v) is 11.6. The summed E-state index contributed by atoms with van der Waals surface area (Å²) < 4.78 is 27.4. The fourth-order valence-corrected chi connectivity index (χ4v) is 4.28. The van der Waals surface area contributed by atoms with Crippen molar-refractivity contribution in [3.63, 3.8) is 0 Å². The first-order valence-electron chi connectivity index (χ1n) is 9.77. The average molecular weight is 490 g/mol. The van der Waals surface area contributed by atoms with Gasteiger partial charge >= 0.3 is 5.69 Å². The minimum Gasteiger partial charge on any atom is -0.502 e. The predicted molar refractivity (Wildman–Crippen MR) is 124 cm³/mol. The normalized spacial score (nSPS) is 12.1. The van der Waals surface area contributed by atoms with E-state index in [0.29, 0.717) is 17.0 Å². The molecule has 0 aromatic heterocycles. The van der Waals surface area contributed by atoms with Gasteiger partial charge < -0.3 is 10.4 Å². The summed E-state index contributed by atoms with van der Waals surface area (Å²) in [5.74, 6) is -0.973. The number of phenols is 1. The van der Waals surface area contributed by atoms with Crippen molar-refractivity contribution in [1.29, 1.82) is 0 Å². The lowest BCUT2D eigenvalue weighted by molar-refractivity contribution is -0.386. The Morgan fingerprint density at radius 3 is 2.30 bits per heavy atom. The van der Waals surface area contributed by atoms with Gasteiger partial charge in [0.1, 0.15) is 0 Å². The highest BCUT2D eigenvalue weighted by Gasteiger charge is 2.21. The molecule has 0 aliphatic rings. The van der Waals surface area contributed by atoms with Gasteiger partial charge in [-0.3, -0.25) is 19.6 Å². The van der Waals surface area contributed by atoms with Crippen LogP contribution < -0.4 is 10.0 Å². The van der Waals surface area contributed by atoms with E-state index >= 15 is 0 Å². The van der Waals surface area contributed by atoms with Gasteiger partial charge in [-0.15, -0.1) is 0 Å². The molecular weight excluding hydrogens is 470 g/mol. The van der Waals surface area contributed by atoms with Crippen molar-refractivity contribution in [2.24, 2.45) is 0 Å². The van der Waals surface area contributed by atoms with E-state index in [-0.39, 0.29) is 22.5 Å². The number of amides is 1. The van der Waals surface area contributed by atoms with Crippen LogP contribution in [0.1, 0.15) is 35.3 Å². The Morgan fingerprint density at radius 1 is 1.09 bits per heavy atom. The molecule has 0 saturated carbocycles. The number of halogens is 1. The molecule has 3 aromatic rings. The van der Waals surface area contributed by atoms with Gasteiger partial charge in [0.05, 0.1) is 15.9 Å². The molecule has 0 saturated heterocycles. The zero-order chi connectivity index (χ0) is 24.2. The summed E-state index contributed by atoms with van der Waals surface area (Å²) in [6.07, 6.45) is 0.657. The molecule has 0 heterocycles. The summed E-state index contributed by atoms with van der Waals surface area (Å²) in [6, 6.07) is 15.4. The molecule has 172 valence electrons. The second-order valence-corrected chi connectivity index (χ2v) is 9.20. The van der Waals surface area contributed by atoms with Gasteiger partial charge in [0, 0.05) is 22.3 Å². The first kappa shape index (κ1) is 24.0. The quantitative estimate of drug-likeness (QED) is 0.311. The Labute approximate surface area is 195 Å². The topological polar surface area (TPSA) is 139 Å². The van der Waals surface area contributed by atoms with Crippen LogP contribution in [0.3, 0.4) is 0 Å². The van der Waals surface area contributed by atoms with Crippen molar-refractivity contribution < 1.29 is 23.2 Å². The van der Waals surface area contributed by atoms with E-state index in [2.05, 4.69) is 10.0 Å². The number of carbonyl (C=O) groups is 1. The summed E-state index contributed by atoms with van der Waals surface area (Å²) in [6.45, 7) is 1.94. The number of rotatable bonds is 8. The Hall–Kier alpha value is -3.63. The fraction of sp³-hybridized carbons (Fsp3) is 0.136. The standard InChI is InChI=1S/C22H20ClN3O6S/c1-2-19(14-3-7-16(23)8-4-14)24-22(28)15-5-9-17(10-6-15)25-33(31,32)18-11-12-21(27)20(13-18)26(29)30/h3-13,19,25,27H,2H2,1H3,(H,24,28). The second-order valence-electron chi connectivity index (χ2n) is 7.08. The SMILES string of the molecule is CCC(NC(=O)c1ccc(NS(=O)(=O)c2ccc(O)c([N+](=O)[O-])c2)cc1)c1ccc(Cl)cc1. The molecular formula is C22H20ClN3O6S. The maximum atomic E-state index is 12.6. The number of aromatic hydroxyl groups is 1. The Bertz CT molecular complexity index is 1280. The maximum Gasteiger partial charge on any atom is 0.312 e. The lowest BCUT2D eigenvalue weighted by Gasteiger charge is -2.18. The molecule has 0 aliphatic heterocycles. The van der Waals surface area contributed by atoms with Crippen molar-refractivity contribution in [2.45, 2.75) is 24.3 Å². The summed E-state index contributed by atoms with van der Waals surface area (Å²) in [5, 5.41) is 24.0. The molecule has 3 aromatic carbocycles. The number of nitro benzene ring substituents is 1. The Balaban J connectivity index is 1.73. The summed E-state index contributed by atoms with van der Waals surface area (Å²) in [4.78, 5) is 22.3. The molecule has 3 rings (SSSR count). The van der Waals surface area contributed by atoms with Crippen LogP contribution in [-0.2, 0) is 10.0 Å². The molecule has 0 spiro atoms. The van der Waals surface area contributed by atoms with E-state index in [0.717, 1.165) is 23.8 Å². The fourth-order valence-electron chi connectivity index (χ4n) is 3.08. The van der Waals surface area contributed by atoms with Crippen LogP contribution in [0.25, 0.3) is 0 Å². The lowest BCUT2D eigenvalue weighted by atomic mass is 10.0. The van der Waals surface area contributed by atoms with E-state index in [9.17, 15) is 28.4 Å². The molecule has 1 unspecified atom stereocenters. The second kappa shape index (κ2) is 9.88. The Morgan fingerprint density at radius 2 is 1.73 bits per heavy atom. The number of phenolic OH excluding ortho intramolecular Hbond substituents is 1. The molecule has 9 nitrogen and oxygen atoms in total. The van der Waals surface area contributed by atoms with Crippen LogP contribution in [0.2, 0.25) is 5.02 Å². The number of nitrogens with zero attached hydrogens (tertiary/aromatic N) is 1. The number of nitro groups is 1. The highest BCUT2D eigenvalue weighted by molar-refractivity contribution is 7.92. The first-order chi connectivity index (χ1) is 15.6. The van der Waals surface area contributed by atoms with Gasteiger partial charge in [0.15, 0.2) is 5.75 Å². The number of sulfonamides is 1. The molecule has 3 N–H and O–H groups in total. The molecule has 0 radical (unpaired) electrons. The van der Waals surface area contributed by atoms with Crippen molar-refractivity contribution in [3.8, 4) is 5.75 Å². The predicted octanol–water partition coefficient (Wildman–Crippen LogP) is 4.64. The third-order valence-corrected chi connectivity index (χ3v) is 6.47. The van der Waals surface area contributed by atoms with E-state index in [1.807, 2.05) is 19.1 Å². The molecule has 0 aliphatic carbocycles. The monoisotopic (exact) mass is 489 g/mol. The smallest absolute Gasteiger partial charge is 0.312 e. The van der Waals surface area contributed by atoms with Crippen LogP contribution >= 0.6 is 11.6 Å². The molecule has 1 atom stereocenters. The van der Waals surface area contributed by atoms with Gasteiger partial charge in [0.25, 0.3) is 15.9 Å². The number of carbonyl (C=O) groups excluding carboxylic acids is 1. The molecule has 0 bridgehead atoms. The molecule has 1 amide bonds. The van der Waals surface area contributed by atoms with Gasteiger partial charge in [-0.1, -0.05) is 30.7 Å². The zero-order valence-electron chi connectivity index (χ0n) is 17.4. The third-order valence-electron chi connectivity index (χ3n) is 4.84. The van der Waals surface area contributed by atoms with E-state index in [1.165, 1.54) is 24.3 Å². The number of nitrogens with one attached hydrogen (secondary N) is 2. The van der Waals surface area contributed by atoms with E-state index < -0.39 is 26.4 Å². The molecule has 33 heavy (non-hydrogen) atoms. The van der Waals surface area contributed by atoms with Gasteiger partial charge in [-0.2, -0.15) is 0 Å². The highest BCUT2D eigenvalue weighted by Crippen LogP contribution is 2.29. The van der Waals surface area contributed by atoms with Gasteiger partial charge in [-0.25, -0.2) is 8.42 Å². The Kier molecular flexibility index (Phi) is 7.19. The summed E-state index contributed by atoms with van der Waals surface area (Å²) >= 11 is 5.91. The van der Waals surface area contributed by atoms with Crippen LogP contribution in [0.4, 0.5) is 11.4 Å². The van der Waals surface area contributed by atoms with Crippen molar-refractivity contribution in [1.82, 2.24) is 5.32 Å². The van der Waals surface area contributed by atoms with Crippen molar-refractivity contribution in [2.75, 3.05) is 4.72 Å². The minimum atomic E-state index is -4.16. The van der Waals surface area contributed by atoms with Crippen molar-refractivity contribution in [3.05, 3.63) is 93.0 Å². The van der Waals surface area contributed by atoms with Crippen LogP contribution in [0.15, 0.2) is 71.6 Å². The van der Waals surface area contributed by atoms with E-state index in [1.54, 1.807) is 12.1 Å². The van der Waals surface area contributed by atoms with Crippen molar-refractivity contribution >= 4 is 38.9 Å².